The van der Waals surface area contributed by atoms with Crippen LogP contribution in [0.15, 0.2) is 16.6 Å². The number of nitrogens with zero attached hydrogens (tertiary/aromatic N) is 1. The molecule has 0 aliphatic heterocycles. The molecule has 0 radical (unpaired) electrons. The standard InChI is InChI=1S/C10H11BrN2O2S/c1-7-5-9(6-8(2)10(7)11)13-16(14,15)4-3-12/h5-6,13H,4H2,1-2H3. The van der Waals surface area contributed by atoms with Gasteiger partial charge >= 0.3 is 0 Å². The molecule has 1 rings (SSSR count). The average Bonchev–Trinajstić information content (AvgIpc) is 2.13. The number of anilines is 1. The topological polar surface area (TPSA) is 70.0 Å². The fraction of sp³-hybridized carbons (Fsp3) is 0.300. The lowest BCUT2D eigenvalue weighted by Gasteiger charge is -2.09. The highest BCUT2D eigenvalue weighted by Gasteiger charge is 2.11. The molecular weight excluding hydrogens is 292 g/mol. The Balaban J connectivity index is 3.05. The molecule has 1 aromatic carbocycles. The number of benzene rings is 1. The predicted octanol–water partition coefficient (Wildman–Crippen LogP) is 2.33. The van der Waals surface area contributed by atoms with Gasteiger partial charge < -0.3 is 0 Å². The number of nitrogens with one attached hydrogen (secondary N) is 1. The Kier molecular flexibility index (Phi) is 3.94. The molecule has 0 aliphatic carbocycles. The van der Waals surface area contributed by atoms with E-state index in [0.717, 1.165) is 15.6 Å². The van der Waals surface area contributed by atoms with Crippen LogP contribution in [0.4, 0.5) is 5.69 Å². The molecule has 0 atom stereocenters. The summed E-state index contributed by atoms with van der Waals surface area (Å²) in [6.07, 6.45) is 0. The second kappa shape index (κ2) is 4.85. The molecule has 0 amide bonds. The van der Waals surface area contributed by atoms with Crippen LogP contribution in [0, 0.1) is 25.2 Å². The van der Waals surface area contributed by atoms with E-state index >= 15 is 0 Å². The summed E-state index contributed by atoms with van der Waals surface area (Å²) in [6, 6.07) is 5.04. The Bertz CT molecular complexity index is 523. The zero-order valence-electron chi connectivity index (χ0n) is 8.91. The van der Waals surface area contributed by atoms with E-state index in [1.807, 2.05) is 13.8 Å². The van der Waals surface area contributed by atoms with Gasteiger partial charge in [-0.3, -0.25) is 4.72 Å². The van der Waals surface area contributed by atoms with Gasteiger partial charge in [0.25, 0.3) is 0 Å². The smallest absolute Gasteiger partial charge is 0.246 e. The van der Waals surface area contributed by atoms with Crippen molar-refractivity contribution in [2.75, 3.05) is 10.5 Å². The van der Waals surface area contributed by atoms with Gasteiger partial charge in [-0.05, 0) is 37.1 Å². The molecule has 16 heavy (non-hydrogen) atoms. The van der Waals surface area contributed by atoms with Gasteiger partial charge in [0, 0.05) is 10.2 Å². The van der Waals surface area contributed by atoms with Crippen molar-refractivity contribution in [2.45, 2.75) is 13.8 Å². The number of hydrogen-bond acceptors (Lipinski definition) is 3. The van der Waals surface area contributed by atoms with Gasteiger partial charge in [0.1, 0.15) is 0 Å². The Hall–Kier alpha value is -1.06. The molecule has 0 saturated carbocycles. The molecule has 0 aliphatic rings. The van der Waals surface area contributed by atoms with Crippen molar-refractivity contribution in [3.63, 3.8) is 0 Å². The second-order valence-electron chi connectivity index (χ2n) is 3.44. The van der Waals surface area contributed by atoms with Crippen LogP contribution >= 0.6 is 15.9 Å². The van der Waals surface area contributed by atoms with Gasteiger partial charge in [0.05, 0.1) is 6.07 Å². The highest BCUT2D eigenvalue weighted by atomic mass is 79.9. The van der Waals surface area contributed by atoms with Gasteiger partial charge in [0.15, 0.2) is 5.75 Å². The van der Waals surface area contributed by atoms with Gasteiger partial charge in [-0.15, -0.1) is 0 Å². The maximum atomic E-state index is 11.4. The first-order valence-corrected chi connectivity index (χ1v) is 6.94. The van der Waals surface area contributed by atoms with Crippen molar-refractivity contribution in [2.24, 2.45) is 0 Å². The molecule has 0 bridgehead atoms. The number of halogens is 1. The third-order valence-corrected chi connectivity index (χ3v) is 4.27. The second-order valence-corrected chi connectivity index (χ2v) is 5.96. The van der Waals surface area contributed by atoms with E-state index in [4.69, 9.17) is 5.26 Å². The van der Waals surface area contributed by atoms with E-state index in [-0.39, 0.29) is 0 Å². The van der Waals surface area contributed by atoms with Crippen molar-refractivity contribution < 1.29 is 8.42 Å². The summed E-state index contributed by atoms with van der Waals surface area (Å²) >= 11 is 3.39. The van der Waals surface area contributed by atoms with Crippen molar-refractivity contribution >= 4 is 31.6 Å². The number of nitriles is 1. The predicted molar refractivity (Wildman–Crippen MR) is 66.6 cm³/mol. The van der Waals surface area contributed by atoms with E-state index in [9.17, 15) is 8.42 Å². The molecule has 0 heterocycles. The van der Waals surface area contributed by atoms with Crippen molar-refractivity contribution in [1.82, 2.24) is 0 Å². The number of rotatable bonds is 3. The maximum absolute atomic E-state index is 11.4. The van der Waals surface area contributed by atoms with Gasteiger partial charge in [-0.25, -0.2) is 8.42 Å². The van der Waals surface area contributed by atoms with E-state index in [1.165, 1.54) is 0 Å². The molecule has 0 fully saturated rings. The van der Waals surface area contributed by atoms with Gasteiger partial charge in [-0.1, -0.05) is 15.9 Å². The largest absolute Gasteiger partial charge is 0.283 e. The van der Waals surface area contributed by atoms with Crippen LogP contribution in [-0.2, 0) is 10.0 Å². The average molecular weight is 303 g/mol. The molecule has 4 nitrogen and oxygen atoms in total. The zero-order chi connectivity index (χ0) is 12.3. The van der Waals surface area contributed by atoms with E-state index < -0.39 is 15.8 Å². The number of aryl methyl sites for hydroxylation is 2. The molecule has 0 aromatic heterocycles. The van der Waals surface area contributed by atoms with Crippen LogP contribution in [0.3, 0.4) is 0 Å². The van der Waals surface area contributed by atoms with Gasteiger partial charge in [-0.2, -0.15) is 5.26 Å². The number of hydrogen-bond donors (Lipinski definition) is 1. The minimum Gasteiger partial charge on any atom is -0.283 e. The number of sulfonamides is 1. The minimum absolute atomic E-state index is 0.480. The van der Waals surface area contributed by atoms with E-state index in [0.29, 0.717) is 5.69 Å². The van der Waals surface area contributed by atoms with Crippen molar-refractivity contribution in [3.8, 4) is 6.07 Å². The lowest BCUT2D eigenvalue weighted by molar-refractivity contribution is 0.604. The molecule has 6 heteroatoms. The molecule has 1 N–H and O–H groups in total. The Morgan fingerprint density at radius 3 is 2.31 bits per heavy atom. The van der Waals surface area contributed by atoms with Crippen LogP contribution in [-0.4, -0.2) is 14.2 Å². The zero-order valence-corrected chi connectivity index (χ0v) is 11.3. The summed E-state index contributed by atoms with van der Waals surface area (Å²) in [7, 11) is -3.56. The lowest BCUT2D eigenvalue weighted by atomic mass is 10.1. The first-order valence-electron chi connectivity index (χ1n) is 4.50. The maximum Gasteiger partial charge on any atom is 0.246 e. The van der Waals surface area contributed by atoms with Crippen LogP contribution in [0.25, 0.3) is 0 Å². The first kappa shape index (κ1) is 13.0. The van der Waals surface area contributed by atoms with E-state index in [1.54, 1.807) is 18.2 Å². The third kappa shape index (κ3) is 3.22. The SMILES string of the molecule is Cc1cc(NS(=O)(=O)CC#N)cc(C)c1Br. The molecule has 86 valence electrons. The Labute approximate surface area is 103 Å². The Morgan fingerprint density at radius 2 is 1.88 bits per heavy atom. The summed E-state index contributed by atoms with van der Waals surface area (Å²) in [5.41, 5.74) is 2.36. The summed E-state index contributed by atoms with van der Waals surface area (Å²) in [4.78, 5) is 0. The fourth-order valence-electron chi connectivity index (χ4n) is 1.31. The molecule has 0 saturated heterocycles. The molecule has 0 unspecified atom stereocenters. The van der Waals surface area contributed by atoms with Gasteiger partial charge in [0.2, 0.25) is 10.0 Å². The summed E-state index contributed by atoms with van der Waals surface area (Å²) < 4.78 is 26.0. The molecule has 1 aromatic rings. The Morgan fingerprint density at radius 1 is 1.38 bits per heavy atom. The minimum atomic E-state index is -3.56. The summed E-state index contributed by atoms with van der Waals surface area (Å²) in [5, 5.41) is 8.36. The van der Waals surface area contributed by atoms with Crippen molar-refractivity contribution in [3.05, 3.63) is 27.7 Å². The fourth-order valence-corrected chi connectivity index (χ4v) is 2.25. The van der Waals surface area contributed by atoms with Crippen molar-refractivity contribution in [1.29, 1.82) is 5.26 Å². The molecule has 0 spiro atoms. The van der Waals surface area contributed by atoms with Crippen LogP contribution in [0.5, 0.6) is 0 Å². The normalized spacial score (nSPS) is 10.9. The highest BCUT2D eigenvalue weighted by molar-refractivity contribution is 9.10. The lowest BCUT2D eigenvalue weighted by Crippen LogP contribution is -2.15. The first-order chi connectivity index (χ1) is 7.35. The summed E-state index contributed by atoms with van der Waals surface area (Å²) in [6.45, 7) is 3.75. The van der Waals surface area contributed by atoms with Crippen LogP contribution < -0.4 is 4.72 Å². The van der Waals surface area contributed by atoms with Crippen LogP contribution in [0.2, 0.25) is 0 Å². The quantitative estimate of drug-likeness (QED) is 0.931. The highest BCUT2D eigenvalue weighted by Crippen LogP contribution is 2.25. The third-order valence-electron chi connectivity index (χ3n) is 1.96. The summed E-state index contributed by atoms with van der Waals surface area (Å²) in [5.74, 6) is -0.541. The van der Waals surface area contributed by atoms with E-state index in [2.05, 4.69) is 20.7 Å². The van der Waals surface area contributed by atoms with Crippen LogP contribution in [0.1, 0.15) is 11.1 Å². The monoisotopic (exact) mass is 302 g/mol. The molecular formula is C10H11BrN2O2S.